The number of hydrogen-bond acceptors (Lipinski definition) is 3. The topological polar surface area (TPSA) is 59.7 Å². The van der Waals surface area contributed by atoms with Gasteiger partial charge < -0.3 is 10.6 Å². The van der Waals surface area contributed by atoms with E-state index in [1.165, 1.54) is 23.7 Å². The van der Waals surface area contributed by atoms with Crippen molar-refractivity contribution in [1.29, 1.82) is 0 Å². The predicted octanol–water partition coefficient (Wildman–Crippen LogP) is 5.89. The highest BCUT2D eigenvalue weighted by Crippen LogP contribution is 2.35. The summed E-state index contributed by atoms with van der Waals surface area (Å²) < 4.78 is 55.8. The highest BCUT2D eigenvalue weighted by Gasteiger charge is 2.38. The van der Waals surface area contributed by atoms with E-state index in [9.17, 15) is 17.6 Å². The van der Waals surface area contributed by atoms with E-state index in [4.69, 9.17) is 35.4 Å². The van der Waals surface area contributed by atoms with E-state index in [0.717, 1.165) is 5.69 Å². The lowest BCUT2D eigenvalue weighted by molar-refractivity contribution is -0.141. The van der Waals surface area contributed by atoms with Crippen molar-refractivity contribution in [3.05, 3.63) is 62.4 Å². The Morgan fingerprint density at radius 3 is 2.41 bits per heavy atom. The van der Waals surface area contributed by atoms with Crippen LogP contribution in [0.15, 0.2) is 18.2 Å². The third-order valence-corrected chi connectivity index (χ3v) is 6.28. The molecule has 1 aromatic carbocycles. The molecule has 2 heterocycles. The summed E-state index contributed by atoms with van der Waals surface area (Å²) in [5, 5.41) is 14.3. The summed E-state index contributed by atoms with van der Waals surface area (Å²) in [5.41, 5.74) is 1.58. The number of aromatic nitrogens is 4. The molecule has 13 heteroatoms. The van der Waals surface area contributed by atoms with Crippen LogP contribution in [0.1, 0.15) is 34.8 Å². The summed E-state index contributed by atoms with van der Waals surface area (Å²) in [6.07, 6.45) is -4.14. The minimum atomic E-state index is -4.60. The van der Waals surface area contributed by atoms with Crippen LogP contribution in [0.3, 0.4) is 0 Å². The summed E-state index contributed by atoms with van der Waals surface area (Å²) in [6.45, 7) is 5.88. The van der Waals surface area contributed by atoms with E-state index in [-0.39, 0.29) is 18.8 Å². The first kappa shape index (κ1) is 26.2. The number of anilines is 1. The van der Waals surface area contributed by atoms with Crippen molar-refractivity contribution in [3.63, 3.8) is 0 Å². The quantitative estimate of drug-likeness (QED) is 0.224. The first-order valence-electron chi connectivity index (χ1n) is 10.2. The zero-order valence-electron chi connectivity index (χ0n) is 18.5. The van der Waals surface area contributed by atoms with E-state index in [1.807, 2.05) is 6.92 Å². The molecule has 34 heavy (non-hydrogen) atoms. The van der Waals surface area contributed by atoms with Gasteiger partial charge in [-0.2, -0.15) is 23.4 Å². The fourth-order valence-corrected chi connectivity index (χ4v) is 4.05. The molecule has 6 nitrogen and oxygen atoms in total. The number of aryl methyl sites for hydroxylation is 2. The molecule has 0 aliphatic heterocycles. The second kappa shape index (κ2) is 10.5. The zero-order chi connectivity index (χ0) is 25.2. The number of nitrogens with one attached hydrogen (secondary N) is 2. The molecule has 0 aliphatic carbocycles. The summed E-state index contributed by atoms with van der Waals surface area (Å²) in [7, 11) is 0. The van der Waals surface area contributed by atoms with Crippen LogP contribution in [0.4, 0.5) is 23.2 Å². The van der Waals surface area contributed by atoms with Crippen LogP contribution < -0.4 is 10.6 Å². The van der Waals surface area contributed by atoms with E-state index in [1.54, 1.807) is 17.7 Å². The maximum atomic E-state index is 14.1. The zero-order valence-corrected chi connectivity index (χ0v) is 20.9. The van der Waals surface area contributed by atoms with Crippen molar-refractivity contribution in [2.75, 3.05) is 11.9 Å². The molecule has 2 N–H and O–H groups in total. The van der Waals surface area contributed by atoms with Gasteiger partial charge >= 0.3 is 6.18 Å². The molecule has 0 fully saturated rings. The maximum Gasteiger partial charge on any atom is 0.436 e. The van der Waals surface area contributed by atoms with E-state index in [2.05, 4.69) is 20.8 Å². The molecule has 184 valence electrons. The van der Waals surface area contributed by atoms with E-state index >= 15 is 0 Å². The van der Waals surface area contributed by atoms with Crippen molar-refractivity contribution in [3.8, 4) is 0 Å². The van der Waals surface area contributed by atoms with Gasteiger partial charge in [0.2, 0.25) is 0 Å². The van der Waals surface area contributed by atoms with Gasteiger partial charge in [0.25, 0.3) is 0 Å². The monoisotopic (exact) mass is 536 g/mol. The van der Waals surface area contributed by atoms with Gasteiger partial charge in [-0.1, -0.05) is 29.3 Å². The van der Waals surface area contributed by atoms with E-state index in [0.29, 0.717) is 40.0 Å². The fraction of sp³-hybridized carbons (Fsp3) is 0.381. The van der Waals surface area contributed by atoms with Crippen LogP contribution in [0.5, 0.6) is 0 Å². The van der Waals surface area contributed by atoms with Crippen molar-refractivity contribution in [1.82, 2.24) is 24.9 Å². The van der Waals surface area contributed by atoms with Crippen molar-refractivity contribution in [2.24, 2.45) is 0 Å². The van der Waals surface area contributed by atoms with Crippen molar-refractivity contribution < 1.29 is 17.6 Å². The van der Waals surface area contributed by atoms with Gasteiger partial charge in [0, 0.05) is 23.7 Å². The van der Waals surface area contributed by atoms with E-state index < -0.39 is 22.7 Å². The van der Waals surface area contributed by atoms with Crippen LogP contribution in [-0.2, 0) is 19.3 Å². The standard InChI is InChI=1S/C21H22Cl2F4N6S/c1-11-18(13(3)33(30-11)10-14-15(22)6-4-7-16(14)24)29-20(34)28-8-5-9-32-12(2)17(23)19(31-32)21(25,26)27/h4,6-7H,5,8-10H2,1-3H3,(H2,28,29,34). The second-order valence-corrected chi connectivity index (χ2v) is 8.80. The lowest BCUT2D eigenvalue weighted by Gasteiger charge is -2.12. The molecule has 0 unspecified atom stereocenters. The van der Waals surface area contributed by atoms with Crippen LogP contribution in [0.25, 0.3) is 0 Å². The molecule has 0 aliphatic rings. The molecular formula is C21H22Cl2F4N6S. The van der Waals surface area contributed by atoms with Gasteiger partial charge in [-0.3, -0.25) is 9.36 Å². The number of thiocarbonyl (C=S) groups is 1. The third-order valence-electron chi connectivity index (χ3n) is 5.22. The second-order valence-electron chi connectivity index (χ2n) is 7.61. The predicted molar refractivity (Wildman–Crippen MR) is 128 cm³/mol. The smallest absolute Gasteiger partial charge is 0.362 e. The Bertz CT molecular complexity index is 1180. The van der Waals surface area contributed by atoms with Gasteiger partial charge in [-0.05, 0) is 51.5 Å². The molecule has 3 aromatic rings. The molecule has 0 radical (unpaired) electrons. The third kappa shape index (κ3) is 5.81. The maximum absolute atomic E-state index is 14.1. The number of benzene rings is 1. The van der Waals surface area contributed by atoms with Gasteiger partial charge in [-0.15, -0.1) is 0 Å². The molecule has 3 rings (SSSR count). The van der Waals surface area contributed by atoms with Gasteiger partial charge in [0.1, 0.15) is 5.82 Å². The Morgan fingerprint density at radius 1 is 1.09 bits per heavy atom. The molecule has 0 spiro atoms. The van der Waals surface area contributed by atoms with Gasteiger partial charge in [-0.25, -0.2) is 4.39 Å². The molecule has 0 saturated carbocycles. The molecular weight excluding hydrogens is 515 g/mol. The molecule has 0 atom stereocenters. The van der Waals surface area contributed by atoms with Crippen LogP contribution in [0, 0.1) is 26.6 Å². The summed E-state index contributed by atoms with van der Waals surface area (Å²) in [6, 6.07) is 4.50. The lowest BCUT2D eigenvalue weighted by Crippen LogP contribution is -2.30. The normalized spacial score (nSPS) is 11.7. The number of rotatable bonds is 7. The Morgan fingerprint density at radius 2 is 1.79 bits per heavy atom. The number of hydrogen-bond donors (Lipinski definition) is 2. The highest BCUT2D eigenvalue weighted by molar-refractivity contribution is 7.80. The highest BCUT2D eigenvalue weighted by atomic mass is 35.5. The number of nitrogens with zero attached hydrogens (tertiary/aromatic N) is 4. The average molecular weight is 537 g/mol. The minimum Gasteiger partial charge on any atom is -0.362 e. The SMILES string of the molecule is Cc1nn(Cc2c(F)cccc2Cl)c(C)c1NC(=S)NCCCn1nc(C(F)(F)F)c(Cl)c1C. The average Bonchev–Trinajstić information content (AvgIpc) is 3.18. The molecule has 0 amide bonds. The molecule has 0 bridgehead atoms. The van der Waals surface area contributed by atoms with Crippen LogP contribution in [-0.4, -0.2) is 31.2 Å². The van der Waals surface area contributed by atoms with Crippen molar-refractivity contribution in [2.45, 2.75) is 46.5 Å². The fourth-order valence-electron chi connectivity index (χ4n) is 3.38. The molecule has 0 saturated heterocycles. The van der Waals surface area contributed by atoms with Crippen LogP contribution in [0.2, 0.25) is 10.0 Å². The first-order chi connectivity index (χ1) is 15.9. The summed E-state index contributed by atoms with van der Waals surface area (Å²) in [5.74, 6) is -0.414. The largest absolute Gasteiger partial charge is 0.436 e. The minimum absolute atomic E-state index is 0.158. The Kier molecular flexibility index (Phi) is 8.10. The molecule has 2 aromatic heterocycles. The first-order valence-corrected chi connectivity index (χ1v) is 11.4. The van der Waals surface area contributed by atoms with Crippen LogP contribution >= 0.6 is 35.4 Å². The summed E-state index contributed by atoms with van der Waals surface area (Å²) in [4.78, 5) is 0. The Labute approximate surface area is 209 Å². The van der Waals surface area contributed by atoms with Gasteiger partial charge in [0.15, 0.2) is 10.8 Å². The Balaban J connectivity index is 1.57. The van der Waals surface area contributed by atoms with Crippen molar-refractivity contribution >= 4 is 46.2 Å². The summed E-state index contributed by atoms with van der Waals surface area (Å²) >= 11 is 17.2. The lowest BCUT2D eigenvalue weighted by atomic mass is 10.2. The Hall–Kier alpha value is -2.37. The number of halogens is 6. The number of alkyl halides is 3. The van der Waals surface area contributed by atoms with Gasteiger partial charge in [0.05, 0.1) is 34.3 Å².